The van der Waals surface area contributed by atoms with Crippen molar-refractivity contribution in [2.75, 3.05) is 11.1 Å². The fourth-order valence-electron chi connectivity index (χ4n) is 2.08. The first-order valence-electron chi connectivity index (χ1n) is 6.23. The molecule has 0 atom stereocenters. The lowest BCUT2D eigenvalue weighted by Gasteiger charge is -2.05. The zero-order valence-electron chi connectivity index (χ0n) is 10.9. The van der Waals surface area contributed by atoms with Gasteiger partial charge in [-0.1, -0.05) is 12.1 Å². The Kier molecular flexibility index (Phi) is 3.01. The van der Waals surface area contributed by atoms with Gasteiger partial charge in [0.1, 0.15) is 6.07 Å². The monoisotopic (exact) mass is 277 g/mol. The Morgan fingerprint density at radius 2 is 2.10 bits per heavy atom. The topological polar surface area (TPSA) is 108 Å². The van der Waals surface area contributed by atoms with E-state index >= 15 is 0 Å². The van der Waals surface area contributed by atoms with E-state index in [1.807, 2.05) is 6.07 Å². The Morgan fingerprint density at radius 1 is 1.29 bits per heavy atom. The number of nitrogens with two attached hydrogens (primary N) is 1. The molecule has 21 heavy (non-hydrogen) atoms. The highest BCUT2D eigenvalue weighted by Gasteiger charge is 2.15. The van der Waals surface area contributed by atoms with Gasteiger partial charge in [0.05, 0.1) is 16.8 Å². The van der Waals surface area contributed by atoms with E-state index in [0.29, 0.717) is 22.3 Å². The van der Waals surface area contributed by atoms with Crippen LogP contribution in [0.25, 0.3) is 10.9 Å². The van der Waals surface area contributed by atoms with Crippen LogP contribution < -0.4 is 11.1 Å². The average Bonchev–Trinajstić information content (AvgIpc) is 2.90. The molecule has 102 valence electrons. The van der Waals surface area contributed by atoms with Crippen molar-refractivity contribution >= 4 is 28.2 Å². The summed E-state index contributed by atoms with van der Waals surface area (Å²) in [6.07, 6.45) is 0. The molecular weight excluding hydrogens is 266 g/mol. The first-order valence-corrected chi connectivity index (χ1v) is 6.23. The van der Waals surface area contributed by atoms with Crippen LogP contribution in [0.5, 0.6) is 0 Å². The molecule has 3 aromatic rings. The molecule has 0 aliphatic rings. The van der Waals surface area contributed by atoms with Crippen LogP contribution in [0.15, 0.2) is 42.5 Å². The van der Waals surface area contributed by atoms with E-state index in [0.717, 1.165) is 5.52 Å². The highest BCUT2D eigenvalue weighted by molar-refractivity contribution is 6.11. The van der Waals surface area contributed by atoms with Crippen LogP contribution >= 0.6 is 0 Å². The van der Waals surface area contributed by atoms with Gasteiger partial charge in [-0.15, -0.1) is 0 Å². The zero-order valence-corrected chi connectivity index (χ0v) is 10.9. The van der Waals surface area contributed by atoms with Crippen molar-refractivity contribution in [1.82, 2.24) is 10.2 Å². The molecule has 0 unspecified atom stereocenters. The number of H-pyrrole nitrogens is 1. The summed E-state index contributed by atoms with van der Waals surface area (Å²) in [7, 11) is 0. The van der Waals surface area contributed by atoms with Gasteiger partial charge in [-0.05, 0) is 30.3 Å². The quantitative estimate of drug-likeness (QED) is 0.624. The number of hydrogen-bond acceptors (Lipinski definition) is 4. The Bertz CT molecular complexity index is 875. The second kappa shape index (κ2) is 4.98. The number of carbonyl (C=O) groups excluding carboxylic acids is 1. The minimum absolute atomic E-state index is 0.241. The minimum Gasteiger partial charge on any atom is -0.399 e. The molecule has 4 N–H and O–H groups in total. The predicted octanol–water partition coefficient (Wildman–Crippen LogP) is 2.27. The lowest BCUT2D eigenvalue weighted by molar-refractivity contribution is 0.102. The largest absolute Gasteiger partial charge is 0.399 e. The third kappa shape index (κ3) is 2.28. The van der Waals surface area contributed by atoms with Gasteiger partial charge >= 0.3 is 0 Å². The van der Waals surface area contributed by atoms with Crippen molar-refractivity contribution in [1.29, 1.82) is 5.26 Å². The third-order valence-electron chi connectivity index (χ3n) is 3.10. The lowest BCUT2D eigenvalue weighted by atomic mass is 10.1. The van der Waals surface area contributed by atoms with Crippen molar-refractivity contribution in [3.63, 3.8) is 0 Å². The lowest BCUT2D eigenvalue weighted by Crippen LogP contribution is -2.13. The molecule has 0 saturated heterocycles. The van der Waals surface area contributed by atoms with Crippen LogP contribution in [0.2, 0.25) is 0 Å². The molecule has 6 heteroatoms. The van der Waals surface area contributed by atoms with Gasteiger partial charge in [0.15, 0.2) is 5.69 Å². The number of anilines is 2. The molecule has 1 heterocycles. The van der Waals surface area contributed by atoms with Gasteiger partial charge in [-0.3, -0.25) is 9.89 Å². The summed E-state index contributed by atoms with van der Waals surface area (Å²) < 4.78 is 0. The SMILES string of the molecule is N#Cc1ccccc1NC(=O)c1n[nH]c2ccc(N)cc12. The van der Waals surface area contributed by atoms with Crippen LogP contribution in [-0.4, -0.2) is 16.1 Å². The molecule has 1 aromatic heterocycles. The summed E-state index contributed by atoms with van der Waals surface area (Å²) >= 11 is 0. The normalized spacial score (nSPS) is 10.2. The summed E-state index contributed by atoms with van der Waals surface area (Å²) in [4.78, 5) is 12.3. The van der Waals surface area contributed by atoms with Crippen LogP contribution in [-0.2, 0) is 0 Å². The van der Waals surface area contributed by atoms with Crippen molar-refractivity contribution in [3.8, 4) is 6.07 Å². The third-order valence-corrected chi connectivity index (χ3v) is 3.10. The molecule has 0 saturated carbocycles. The zero-order chi connectivity index (χ0) is 14.8. The van der Waals surface area contributed by atoms with Crippen LogP contribution in [0.4, 0.5) is 11.4 Å². The fraction of sp³-hybridized carbons (Fsp3) is 0. The number of fused-ring (bicyclic) bond motifs is 1. The molecule has 0 fully saturated rings. The summed E-state index contributed by atoms with van der Waals surface area (Å²) in [6, 6.07) is 14.0. The number of aromatic nitrogens is 2. The molecule has 6 nitrogen and oxygen atoms in total. The van der Waals surface area contributed by atoms with Crippen molar-refractivity contribution < 1.29 is 4.79 Å². The number of nitrogen functional groups attached to an aromatic ring is 1. The van der Waals surface area contributed by atoms with E-state index in [1.165, 1.54) is 0 Å². The minimum atomic E-state index is -0.394. The number of nitrogens with zero attached hydrogens (tertiary/aromatic N) is 2. The fourth-order valence-corrected chi connectivity index (χ4v) is 2.08. The Labute approximate surface area is 120 Å². The second-order valence-electron chi connectivity index (χ2n) is 4.49. The van der Waals surface area contributed by atoms with E-state index in [1.54, 1.807) is 42.5 Å². The van der Waals surface area contributed by atoms with Gasteiger partial charge in [0, 0.05) is 11.1 Å². The Hall–Kier alpha value is -3.33. The van der Waals surface area contributed by atoms with Crippen LogP contribution in [0.3, 0.4) is 0 Å². The van der Waals surface area contributed by atoms with Crippen LogP contribution in [0, 0.1) is 11.3 Å². The number of rotatable bonds is 2. The standard InChI is InChI=1S/C15H11N5O/c16-8-9-3-1-2-4-12(9)18-15(21)14-11-7-10(17)5-6-13(11)19-20-14/h1-7H,17H2,(H,18,21)(H,19,20). The van der Waals surface area contributed by atoms with E-state index in [4.69, 9.17) is 11.0 Å². The maximum atomic E-state index is 12.3. The van der Waals surface area contributed by atoms with Crippen molar-refractivity contribution in [3.05, 3.63) is 53.7 Å². The molecule has 3 rings (SSSR count). The highest BCUT2D eigenvalue weighted by Crippen LogP contribution is 2.21. The molecule has 0 aliphatic carbocycles. The first kappa shape index (κ1) is 12.7. The number of hydrogen-bond donors (Lipinski definition) is 3. The predicted molar refractivity (Wildman–Crippen MR) is 79.6 cm³/mol. The number of nitrogens with one attached hydrogen (secondary N) is 2. The number of benzene rings is 2. The maximum Gasteiger partial charge on any atom is 0.276 e. The van der Waals surface area contributed by atoms with Gasteiger partial charge in [-0.25, -0.2) is 0 Å². The Balaban J connectivity index is 1.98. The van der Waals surface area contributed by atoms with Crippen LogP contribution in [0.1, 0.15) is 16.1 Å². The molecule has 1 amide bonds. The van der Waals surface area contributed by atoms with E-state index in [-0.39, 0.29) is 5.69 Å². The molecule has 0 radical (unpaired) electrons. The molecule has 0 bridgehead atoms. The Morgan fingerprint density at radius 3 is 2.90 bits per heavy atom. The van der Waals surface area contributed by atoms with Crippen molar-refractivity contribution in [2.45, 2.75) is 0 Å². The molecule has 0 aliphatic heterocycles. The number of nitriles is 1. The molecular formula is C15H11N5O. The maximum absolute atomic E-state index is 12.3. The smallest absolute Gasteiger partial charge is 0.276 e. The van der Waals surface area contributed by atoms with Gasteiger partial charge in [0.25, 0.3) is 5.91 Å². The summed E-state index contributed by atoms with van der Waals surface area (Å²) in [5, 5.41) is 19.2. The number of carbonyl (C=O) groups is 1. The van der Waals surface area contributed by atoms with Crippen molar-refractivity contribution in [2.24, 2.45) is 0 Å². The average molecular weight is 277 g/mol. The molecule has 0 spiro atoms. The molecule has 2 aromatic carbocycles. The summed E-state index contributed by atoms with van der Waals surface area (Å²) in [5.41, 5.74) is 8.09. The van der Waals surface area contributed by atoms with Gasteiger partial charge in [-0.2, -0.15) is 10.4 Å². The van der Waals surface area contributed by atoms with E-state index in [9.17, 15) is 4.79 Å². The number of amides is 1. The first-order chi connectivity index (χ1) is 10.2. The second-order valence-corrected chi connectivity index (χ2v) is 4.49. The summed E-state index contributed by atoms with van der Waals surface area (Å²) in [5.74, 6) is -0.394. The number of para-hydroxylation sites is 1. The van der Waals surface area contributed by atoms with E-state index in [2.05, 4.69) is 15.5 Å². The van der Waals surface area contributed by atoms with Gasteiger partial charge < -0.3 is 11.1 Å². The summed E-state index contributed by atoms with van der Waals surface area (Å²) in [6.45, 7) is 0. The number of aromatic amines is 1. The van der Waals surface area contributed by atoms with E-state index < -0.39 is 5.91 Å². The van der Waals surface area contributed by atoms with Gasteiger partial charge in [0.2, 0.25) is 0 Å². The highest BCUT2D eigenvalue weighted by atomic mass is 16.1.